The zero-order chi connectivity index (χ0) is 15.8. The molecule has 6 nitrogen and oxygen atoms in total. The fourth-order valence-corrected chi connectivity index (χ4v) is 2.61. The molecule has 1 atom stereocenters. The second-order valence-corrected chi connectivity index (χ2v) is 5.42. The third-order valence-electron chi connectivity index (χ3n) is 3.88. The molecule has 0 N–H and O–H groups in total. The van der Waals surface area contributed by atoms with E-state index in [0.717, 1.165) is 11.3 Å². The van der Waals surface area contributed by atoms with E-state index in [1.807, 2.05) is 17.7 Å². The summed E-state index contributed by atoms with van der Waals surface area (Å²) < 4.78 is 26.0. The average Bonchev–Trinajstić information content (AvgIpc) is 3.21. The van der Waals surface area contributed by atoms with Crippen LogP contribution in [0.2, 0.25) is 0 Å². The van der Waals surface area contributed by atoms with Crippen molar-refractivity contribution < 1.29 is 13.7 Å². The third kappa shape index (κ3) is 2.63. The highest BCUT2D eigenvalue weighted by Crippen LogP contribution is 2.28. The van der Waals surface area contributed by atoms with Gasteiger partial charge in [-0.15, -0.1) is 0 Å². The summed E-state index contributed by atoms with van der Waals surface area (Å²) in [5.41, 5.74) is 2.53. The van der Waals surface area contributed by atoms with Crippen molar-refractivity contribution in [3.63, 3.8) is 0 Å². The van der Waals surface area contributed by atoms with Crippen LogP contribution in [0.25, 0.3) is 11.6 Å². The van der Waals surface area contributed by atoms with Crippen molar-refractivity contribution >= 4 is 0 Å². The van der Waals surface area contributed by atoms with E-state index in [9.17, 15) is 4.39 Å². The molecular formula is C16H15FN4O2. The molecule has 3 aromatic rings. The van der Waals surface area contributed by atoms with Crippen molar-refractivity contribution in [1.82, 2.24) is 19.9 Å². The van der Waals surface area contributed by atoms with Crippen LogP contribution in [0.15, 0.2) is 34.9 Å². The number of aromatic nitrogens is 4. The normalized spacial score (nSPS) is 17.2. The SMILES string of the molecule is CCc1noc(-c2cc3n(n2)C[C@@H](c2ccc(F)cc2)OC3)n1. The Morgan fingerprint density at radius 1 is 1.30 bits per heavy atom. The van der Waals surface area contributed by atoms with Gasteiger partial charge >= 0.3 is 0 Å². The van der Waals surface area contributed by atoms with Crippen LogP contribution in [0.1, 0.15) is 30.1 Å². The van der Waals surface area contributed by atoms with Gasteiger partial charge in [-0.05, 0) is 23.8 Å². The maximum Gasteiger partial charge on any atom is 0.278 e. The molecule has 2 aromatic heterocycles. The molecule has 118 valence electrons. The summed E-state index contributed by atoms with van der Waals surface area (Å²) in [5.74, 6) is 0.822. The smallest absolute Gasteiger partial charge is 0.278 e. The van der Waals surface area contributed by atoms with E-state index in [4.69, 9.17) is 9.26 Å². The summed E-state index contributed by atoms with van der Waals surface area (Å²) in [4.78, 5) is 4.29. The number of benzene rings is 1. The van der Waals surface area contributed by atoms with E-state index in [-0.39, 0.29) is 11.9 Å². The van der Waals surface area contributed by atoms with Crippen molar-refractivity contribution in [3.05, 3.63) is 53.2 Å². The number of hydrogen-bond acceptors (Lipinski definition) is 5. The molecule has 0 aliphatic carbocycles. The minimum Gasteiger partial charge on any atom is -0.365 e. The molecule has 4 rings (SSSR count). The van der Waals surface area contributed by atoms with Gasteiger partial charge in [0.2, 0.25) is 0 Å². The van der Waals surface area contributed by atoms with Crippen molar-refractivity contribution in [1.29, 1.82) is 0 Å². The van der Waals surface area contributed by atoms with Gasteiger partial charge in [-0.3, -0.25) is 4.68 Å². The second-order valence-electron chi connectivity index (χ2n) is 5.42. The van der Waals surface area contributed by atoms with E-state index in [1.54, 1.807) is 12.1 Å². The number of halogens is 1. The van der Waals surface area contributed by atoms with Gasteiger partial charge in [0.25, 0.3) is 5.89 Å². The van der Waals surface area contributed by atoms with Crippen molar-refractivity contribution in [2.75, 3.05) is 0 Å². The molecule has 1 aliphatic heterocycles. The average molecular weight is 314 g/mol. The lowest BCUT2D eigenvalue weighted by Crippen LogP contribution is -2.21. The minimum atomic E-state index is -0.255. The van der Waals surface area contributed by atoms with Gasteiger partial charge in [0.1, 0.15) is 11.9 Å². The number of aryl methyl sites for hydroxylation is 1. The fourth-order valence-electron chi connectivity index (χ4n) is 2.61. The Morgan fingerprint density at radius 2 is 2.13 bits per heavy atom. The summed E-state index contributed by atoms with van der Waals surface area (Å²) in [6.45, 7) is 2.97. The Labute approximate surface area is 131 Å². The van der Waals surface area contributed by atoms with Crippen LogP contribution >= 0.6 is 0 Å². The largest absolute Gasteiger partial charge is 0.365 e. The third-order valence-corrected chi connectivity index (χ3v) is 3.88. The molecule has 0 saturated heterocycles. The van der Waals surface area contributed by atoms with E-state index in [0.29, 0.717) is 37.0 Å². The van der Waals surface area contributed by atoms with Crippen LogP contribution in [0.3, 0.4) is 0 Å². The topological polar surface area (TPSA) is 66.0 Å². The van der Waals surface area contributed by atoms with E-state index in [2.05, 4.69) is 15.2 Å². The lowest BCUT2D eigenvalue weighted by atomic mass is 10.1. The monoisotopic (exact) mass is 314 g/mol. The maximum absolute atomic E-state index is 13.0. The van der Waals surface area contributed by atoms with Gasteiger partial charge in [0.05, 0.1) is 18.8 Å². The Hall–Kier alpha value is -2.54. The molecule has 1 aromatic carbocycles. The van der Waals surface area contributed by atoms with Crippen LogP contribution in [-0.2, 0) is 24.3 Å². The molecule has 0 fully saturated rings. The first-order valence-electron chi connectivity index (χ1n) is 7.49. The predicted octanol–water partition coefficient (Wildman–Crippen LogP) is 2.91. The van der Waals surface area contributed by atoms with Gasteiger partial charge < -0.3 is 9.26 Å². The molecule has 23 heavy (non-hydrogen) atoms. The molecule has 0 bridgehead atoms. The zero-order valence-electron chi connectivity index (χ0n) is 12.6. The van der Waals surface area contributed by atoms with E-state index >= 15 is 0 Å². The van der Waals surface area contributed by atoms with Gasteiger partial charge in [-0.1, -0.05) is 24.2 Å². The quantitative estimate of drug-likeness (QED) is 0.743. The van der Waals surface area contributed by atoms with Crippen molar-refractivity contribution in [3.8, 4) is 11.6 Å². The van der Waals surface area contributed by atoms with E-state index in [1.165, 1.54) is 12.1 Å². The fraction of sp³-hybridized carbons (Fsp3) is 0.312. The van der Waals surface area contributed by atoms with Gasteiger partial charge in [-0.25, -0.2) is 4.39 Å². The Kier molecular flexibility index (Phi) is 3.42. The Bertz CT molecular complexity index is 825. The first-order valence-corrected chi connectivity index (χ1v) is 7.49. The summed E-state index contributed by atoms with van der Waals surface area (Å²) >= 11 is 0. The summed E-state index contributed by atoms with van der Waals surface area (Å²) in [6, 6.07) is 8.25. The van der Waals surface area contributed by atoms with Gasteiger partial charge in [0, 0.05) is 6.42 Å². The number of fused-ring (bicyclic) bond motifs is 1. The van der Waals surface area contributed by atoms with E-state index < -0.39 is 0 Å². The summed E-state index contributed by atoms with van der Waals surface area (Å²) in [7, 11) is 0. The van der Waals surface area contributed by atoms with Crippen molar-refractivity contribution in [2.24, 2.45) is 0 Å². The number of rotatable bonds is 3. The number of ether oxygens (including phenoxy) is 1. The lowest BCUT2D eigenvalue weighted by molar-refractivity contribution is -0.00116. The molecule has 0 amide bonds. The van der Waals surface area contributed by atoms with Crippen LogP contribution in [0.4, 0.5) is 4.39 Å². The number of hydrogen-bond donors (Lipinski definition) is 0. The molecule has 1 aliphatic rings. The predicted molar refractivity (Wildman–Crippen MR) is 78.8 cm³/mol. The molecule has 3 heterocycles. The highest BCUT2D eigenvalue weighted by Gasteiger charge is 2.24. The van der Waals surface area contributed by atoms with Crippen LogP contribution in [0.5, 0.6) is 0 Å². The second kappa shape index (κ2) is 5.58. The van der Waals surface area contributed by atoms with Crippen LogP contribution in [0, 0.1) is 5.82 Å². The first kappa shape index (κ1) is 14.1. The molecule has 7 heteroatoms. The minimum absolute atomic E-state index is 0.148. The molecule has 0 radical (unpaired) electrons. The van der Waals surface area contributed by atoms with Crippen LogP contribution < -0.4 is 0 Å². The highest BCUT2D eigenvalue weighted by molar-refractivity contribution is 5.47. The number of nitrogens with zero attached hydrogens (tertiary/aromatic N) is 4. The molecule has 0 spiro atoms. The summed E-state index contributed by atoms with van der Waals surface area (Å²) in [6.07, 6.45) is 0.567. The highest BCUT2D eigenvalue weighted by atomic mass is 19.1. The lowest BCUT2D eigenvalue weighted by Gasteiger charge is -2.24. The molecule has 0 unspecified atom stereocenters. The molecular weight excluding hydrogens is 299 g/mol. The summed E-state index contributed by atoms with van der Waals surface area (Å²) in [5, 5.41) is 8.41. The zero-order valence-corrected chi connectivity index (χ0v) is 12.6. The van der Waals surface area contributed by atoms with Crippen molar-refractivity contribution in [2.45, 2.75) is 32.6 Å². The van der Waals surface area contributed by atoms with Crippen LogP contribution in [-0.4, -0.2) is 19.9 Å². The molecule has 0 saturated carbocycles. The van der Waals surface area contributed by atoms with Gasteiger partial charge in [0.15, 0.2) is 11.5 Å². The maximum atomic E-state index is 13.0. The Balaban J connectivity index is 1.59. The Morgan fingerprint density at radius 3 is 2.87 bits per heavy atom. The first-order chi connectivity index (χ1) is 11.2. The standard InChI is InChI=1S/C16H15FN4O2/c1-2-15-18-16(23-20-15)13-7-12-9-22-14(8-21(12)19-13)10-3-5-11(17)6-4-10/h3-7,14H,2,8-9H2,1H3/t14-/m0/s1. The van der Waals surface area contributed by atoms with Gasteiger partial charge in [-0.2, -0.15) is 10.1 Å².